The van der Waals surface area contributed by atoms with E-state index in [1.54, 1.807) is 12.1 Å². The number of nitrogens with zero attached hydrogens (tertiary/aromatic N) is 1. The summed E-state index contributed by atoms with van der Waals surface area (Å²) in [6, 6.07) is 4.65. The van der Waals surface area contributed by atoms with Crippen LogP contribution in [0.15, 0.2) is 29.1 Å². The van der Waals surface area contributed by atoms with E-state index in [0.29, 0.717) is 30.3 Å². The first kappa shape index (κ1) is 22.4. The van der Waals surface area contributed by atoms with Crippen molar-refractivity contribution in [2.75, 3.05) is 34.8 Å². The SMILES string of the molecule is Nc1nc2c(c(=O)[nH]1)N[C@@H](CNc1ccc(C(=O)N[C@@H](CCC(=O)[O-])C(=O)[O-])cc1)CN2. The molecule has 170 valence electrons. The van der Waals surface area contributed by atoms with Crippen molar-refractivity contribution in [3.63, 3.8) is 0 Å². The molecule has 0 fully saturated rings. The highest BCUT2D eigenvalue weighted by Gasteiger charge is 2.21. The van der Waals surface area contributed by atoms with Crippen LogP contribution in [0.3, 0.4) is 0 Å². The van der Waals surface area contributed by atoms with Crippen molar-refractivity contribution >= 4 is 41.0 Å². The molecule has 32 heavy (non-hydrogen) atoms. The molecule has 0 radical (unpaired) electrons. The molecule has 13 heteroatoms. The van der Waals surface area contributed by atoms with E-state index < -0.39 is 30.3 Å². The fraction of sp³-hybridized carbons (Fsp3) is 0.316. The van der Waals surface area contributed by atoms with Crippen LogP contribution in [0, 0.1) is 0 Å². The second kappa shape index (κ2) is 9.68. The summed E-state index contributed by atoms with van der Waals surface area (Å²) in [5.41, 5.74) is 6.32. The number of aromatic amines is 1. The quantitative estimate of drug-likeness (QED) is 0.230. The van der Waals surface area contributed by atoms with Crippen LogP contribution in [-0.2, 0) is 9.59 Å². The van der Waals surface area contributed by atoms with Gasteiger partial charge in [-0.05, 0) is 37.1 Å². The Morgan fingerprint density at radius 1 is 1.22 bits per heavy atom. The maximum atomic E-state index is 12.2. The second-order valence-electron chi connectivity index (χ2n) is 7.11. The molecule has 0 aliphatic carbocycles. The number of hydrogen-bond acceptors (Lipinski definition) is 11. The Balaban J connectivity index is 1.54. The van der Waals surface area contributed by atoms with E-state index in [-0.39, 0.29) is 29.5 Å². The molecule has 3 rings (SSSR count). The van der Waals surface area contributed by atoms with Gasteiger partial charge in [-0.3, -0.25) is 14.6 Å². The Morgan fingerprint density at radius 3 is 2.59 bits per heavy atom. The molecule has 1 amide bonds. The summed E-state index contributed by atoms with van der Waals surface area (Å²) in [7, 11) is 0. The summed E-state index contributed by atoms with van der Waals surface area (Å²) < 4.78 is 0. The highest BCUT2D eigenvalue weighted by atomic mass is 16.4. The summed E-state index contributed by atoms with van der Waals surface area (Å²) in [6.07, 6.45) is -0.863. The smallest absolute Gasteiger partial charge is 0.277 e. The van der Waals surface area contributed by atoms with E-state index in [1.807, 2.05) is 0 Å². The number of nitrogens with two attached hydrogens (primary N) is 1. The van der Waals surface area contributed by atoms with E-state index in [2.05, 4.69) is 31.2 Å². The van der Waals surface area contributed by atoms with Gasteiger partial charge in [0, 0.05) is 30.3 Å². The number of hydrogen-bond donors (Lipinski definition) is 6. The van der Waals surface area contributed by atoms with Gasteiger partial charge in [0.2, 0.25) is 5.95 Å². The minimum atomic E-state index is -1.58. The summed E-state index contributed by atoms with van der Waals surface area (Å²) in [6.45, 7) is 0.935. The van der Waals surface area contributed by atoms with Gasteiger partial charge in [-0.25, -0.2) is 0 Å². The fourth-order valence-electron chi connectivity index (χ4n) is 3.08. The third-order valence-electron chi connectivity index (χ3n) is 4.73. The molecule has 0 bridgehead atoms. The first-order chi connectivity index (χ1) is 15.2. The third kappa shape index (κ3) is 5.65. The molecule has 0 saturated heterocycles. The maximum Gasteiger partial charge on any atom is 0.277 e. The Kier molecular flexibility index (Phi) is 6.77. The Morgan fingerprint density at radius 2 is 1.94 bits per heavy atom. The highest BCUT2D eigenvalue weighted by molar-refractivity contribution is 5.96. The average molecular weight is 443 g/mol. The number of fused-ring (bicyclic) bond motifs is 1. The topological polar surface area (TPSA) is 217 Å². The Bertz CT molecular complexity index is 1070. The summed E-state index contributed by atoms with van der Waals surface area (Å²) in [5.74, 6) is -3.27. The minimum Gasteiger partial charge on any atom is -0.550 e. The first-order valence-corrected chi connectivity index (χ1v) is 9.68. The van der Waals surface area contributed by atoms with Crippen LogP contribution in [0.2, 0.25) is 0 Å². The van der Waals surface area contributed by atoms with Crippen molar-refractivity contribution in [2.45, 2.75) is 24.9 Å². The number of H-pyrrole nitrogens is 1. The second-order valence-corrected chi connectivity index (χ2v) is 7.11. The van der Waals surface area contributed by atoms with Crippen molar-refractivity contribution in [1.82, 2.24) is 15.3 Å². The number of nitrogens with one attached hydrogen (secondary N) is 5. The van der Waals surface area contributed by atoms with E-state index in [9.17, 15) is 29.4 Å². The number of carbonyl (C=O) groups is 3. The number of carboxylic acid groups (broad SMARTS) is 2. The molecule has 0 spiro atoms. The van der Waals surface area contributed by atoms with Crippen LogP contribution in [0.1, 0.15) is 23.2 Å². The lowest BCUT2D eigenvalue weighted by molar-refractivity contribution is -0.309. The predicted octanol–water partition coefficient (Wildman–Crippen LogP) is -2.95. The zero-order valence-electron chi connectivity index (χ0n) is 16.8. The maximum absolute atomic E-state index is 12.2. The summed E-state index contributed by atoms with van der Waals surface area (Å²) in [5, 5.41) is 33.1. The lowest BCUT2D eigenvalue weighted by atomic mass is 10.1. The van der Waals surface area contributed by atoms with E-state index in [1.165, 1.54) is 12.1 Å². The standard InChI is InChI=1S/C19H23N7O6/c20-19-25-15-14(17(30)26-19)23-11(8-22-15)7-21-10-3-1-9(2-4-10)16(29)24-12(18(31)32)5-6-13(27)28/h1-4,11-12,21,23H,5-8H2,(H,24,29)(H,27,28)(H,31,32)(H4,20,22,25,26,30)/p-2/t11-,12-/m0/s1. The van der Waals surface area contributed by atoms with Gasteiger partial charge in [-0.15, -0.1) is 0 Å². The molecule has 13 nitrogen and oxygen atoms in total. The molecule has 2 aromatic rings. The van der Waals surface area contributed by atoms with Gasteiger partial charge in [0.15, 0.2) is 5.82 Å². The lowest BCUT2D eigenvalue weighted by Crippen LogP contribution is -2.48. The van der Waals surface area contributed by atoms with E-state index >= 15 is 0 Å². The van der Waals surface area contributed by atoms with Crippen LogP contribution in [0.25, 0.3) is 0 Å². The first-order valence-electron chi connectivity index (χ1n) is 9.68. The summed E-state index contributed by atoms with van der Waals surface area (Å²) >= 11 is 0. The van der Waals surface area contributed by atoms with Crippen molar-refractivity contribution in [3.8, 4) is 0 Å². The lowest BCUT2D eigenvalue weighted by Gasteiger charge is -2.27. The predicted molar refractivity (Wildman–Crippen MR) is 111 cm³/mol. The summed E-state index contributed by atoms with van der Waals surface area (Å²) in [4.78, 5) is 52.3. The molecule has 1 aliphatic rings. The Hall–Kier alpha value is -4.29. The largest absolute Gasteiger partial charge is 0.550 e. The van der Waals surface area contributed by atoms with Gasteiger partial charge in [0.1, 0.15) is 5.69 Å². The van der Waals surface area contributed by atoms with Crippen LogP contribution >= 0.6 is 0 Å². The van der Waals surface area contributed by atoms with Crippen LogP contribution in [0.4, 0.5) is 23.1 Å². The van der Waals surface area contributed by atoms with Crippen molar-refractivity contribution in [1.29, 1.82) is 0 Å². The van der Waals surface area contributed by atoms with Gasteiger partial charge >= 0.3 is 0 Å². The molecule has 1 aliphatic heterocycles. The monoisotopic (exact) mass is 443 g/mol. The van der Waals surface area contributed by atoms with Crippen LogP contribution < -0.4 is 42.8 Å². The molecule has 2 heterocycles. The van der Waals surface area contributed by atoms with Gasteiger partial charge in [0.05, 0.1) is 18.1 Å². The fourth-order valence-corrected chi connectivity index (χ4v) is 3.08. The number of rotatable bonds is 9. The number of carbonyl (C=O) groups excluding carboxylic acids is 3. The molecule has 1 aromatic heterocycles. The number of benzene rings is 1. The highest BCUT2D eigenvalue weighted by Crippen LogP contribution is 2.20. The molecular weight excluding hydrogens is 422 g/mol. The van der Waals surface area contributed by atoms with Crippen LogP contribution in [0.5, 0.6) is 0 Å². The minimum absolute atomic E-state index is 0.0218. The van der Waals surface area contributed by atoms with Gasteiger partial charge < -0.3 is 46.8 Å². The zero-order valence-corrected chi connectivity index (χ0v) is 16.8. The van der Waals surface area contributed by atoms with E-state index in [4.69, 9.17) is 5.73 Å². The molecular formula is C19H21N7O6-2. The molecule has 7 N–H and O–H groups in total. The molecule has 2 atom stereocenters. The van der Waals surface area contributed by atoms with Crippen molar-refractivity contribution in [2.24, 2.45) is 0 Å². The van der Waals surface area contributed by atoms with Gasteiger partial charge in [-0.1, -0.05) is 0 Å². The average Bonchev–Trinajstić information content (AvgIpc) is 2.75. The zero-order chi connectivity index (χ0) is 23.3. The molecule has 0 unspecified atom stereocenters. The van der Waals surface area contributed by atoms with Crippen molar-refractivity contribution in [3.05, 3.63) is 40.2 Å². The number of amides is 1. The van der Waals surface area contributed by atoms with Crippen molar-refractivity contribution < 1.29 is 24.6 Å². The number of aromatic nitrogens is 2. The van der Waals surface area contributed by atoms with E-state index in [0.717, 1.165) is 0 Å². The molecule has 1 aromatic carbocycles. The van der Waals surface area contributed by atoms with Gasteiger partial charge in [-0.2, -0.15) is 4.98 Å². The van der Waals surface area contributed by atoms with Crippen LogP contribution in [-0.4, -0.2) is 53.0 Å². The molecule has 0 saturated carbocycles. The third-order valence-corrected chi connectivity index (χ3v) is 4.73. The normalized spacial score (nSPS) is 15.4. The number of carboxylic acids is 2. The van der Waals surface area contributed by atoms with Gasteiger partial charge in [0.25, 0.3) is 11.5 Å². The number of anilines is 4. The number of nitrogen functional groups attached to an aromatic ring is 1. The number of aliphatic carboxylic acids is 2. The Labute approximate surface area is 181 Å².